The van der Waals surface area contributed by atoms with E-state index in [1.165, 1.54) is 0 Å². The number of hydrogen-bond donors (Lipinski definition) is 2. The van der Waals surface area contributed by atoms with Gasteiger partial charge in [0.25, 0.3) is 0 Å². The molecule has 0 fully saturated rings. The van der Waals surface area contributed by atoms with E-state index in [4.69, 9.17) is 10.2 Å². The van der Waals surface area contributed by atoms with E-state index >= 15 is 0 Å². The van der Waals surface area contributed by atoms with Crippen LogP contribution < -0.4 is 0 Å². The van der Waals surface area contributed by atoms with Crippen molar-refractivity contribution in [3.05, 3.63) is 17.5 Å². The first-order valence-electron chi connectivity index (χ1n) is 4.02. The summed E-state index contributed by atoms with van der Waals surface area (Å²) in [5, 5.41) is 21.5. The third-order valence-electron chi connectivity index (χ3n) is 1.82. The molecular weight excluding hydrogens is 156 g/mol. The van der Waals surface area contributed by atoms with Crippen molar-refractivity contribution in [2.45, 2.75) is 19.9 Å². The van der Waals surface area contributed by atoms with Gasteiger partial charge in [-0.05, 0) is 12.5 Å². The van der Waals surface area contributed by atoms with Gasteiger partial charge in [0, 0.05) is 18.7 Å². The molecule has 0 saturated heterocycles. The minimum Gasteiger partial charge on any atom is -0.396 e. The number of aryl methyl sites for hydroxylation is 1. The number of hydrogen-bond acceptors (Lipinski definition) is 3. The predicted molar refractivity (Wildman–Crippen MR) is 44.8 cm³/mol. The highest BCUT2D eigenvalue weighted by atomic mass is 16.3. The minimum absolute atomic E-state index is 0.0829. The standard InChI is InChI=1S/C8H14N2O2/c1-7-6-9-10(3-5-12)8(7)2-4-11/h6,11-12H,2-5H2,1H3. The molecule has 0 aliphatic rings. The van der Waals surface area contributed by atoms with Crippen molar-refractivity contribution in [3.8, 4) is 0 Å². The average Bonchev–Trinajstić information content (AvgIpc) is 2.37. The average molecular weight is 170 g/mol. The summed E-state index contributed by atoms with van der Waals surface area (Å²) >= 11 is 0. The van der Waals surface area contributed by atoms with E-state index in [1.807, 2.05) is 6.92 Å². The molecule has 0 spiro atoms. The Labute approximate surface area is 71.5 Å². The first kappa shape index (κ1) is 9.22. The van der Waals surface area contributed by atoms with Crippen molar-refractivity contribution in [1.29, 1.82) is 0 Å². The lowest BCUT2D eigenvalue weighted by atomic mass is 10.2. The van der Waals surface area contributed by atoms with Crippen LogP contribution in [0.2, 0.25) is 0 Å². The number of rotatable bonds is 4. The van der Waals surface area contributed by atoms with Gasteiger partial charge in [-0.2, -0.15) is 5.10 Å². The fourth-order valence-corrected chi connectivity index (χ4v) is 1.22. The van der Waals surface area contributed by atoms with E-state index in [-0.39, 0.29) is 13.2 Å². The van der Waals surface area contributed by atoms with Crippen molar-refractivity contribution in [2.75, 3.05) is 13.2 Å². The van der Waals surface area contributed by atoms with E-state index in [1.54, 1.807) is 10.9 Å². The lowest BCUT2D eigenvalue weighted by molar-refractivity contribution is 0.261. The Morgan fingerprint density at radius 3 is 2.75 bits per heavy atom. The molecule has 1 aromatic heterocycles. The van der Waals surface area contributed by atoms with Crippen LogP contribution in [-0.4, -0.2) is 33.2 Å². The second kappa shape index (κ2) is 4.23. The Balaban J connectivity index is 2.80. The molecule has 0 atom stereocenters. The molecule has 0 saturated carbocycles. The maximum Gasteiger partial charge on any atom is 0.0644 e. The maximum atomic E-state index is 8.75. The summed E-state index contributed by atoms with van der Waals surface area (Å²) in [4.78, 5) is 0. The van der Waals surface area contributed by atoms with Crippen LogP contribution in [0.3, 0.4) is 0 Å². The van der Waals surface area contributed by atoms with Gasteiger partial charge in [-0.1, -0.05) is 0 Å². The third kappa shape index (κ3) is 1.84. The Kier molecular flexibility index (Phi) is 3.25. The number of aliphatic hydroxyl groups is 2. The second-order valence-corrected chi connectivity index (χ2v) is 2.69. The molecule has 0 amide bonds. The van der Waals surface area contributed by atoms with Gasteiger partial charge in [0.15, 0.2) is 0 Å². The highest BCUT2D eigenvalue weighted by Crippen LogP contribution is 2.06. The molecular formula is C8H14N2O2. The maximum absolute atomic E-state index is 8.75. The lowest BCUT2D eigenvalue weighted by Gasteiger charge is -2.04. The van der Waals surface area contributed by atoms with Gasteiger partial charge in [0.2, 0.25) is 0 Å². The Morgan fingerprint density at radius 1 is 1.42 bits per heavy atom. The third-order valence-corrected chi connectivity index (χ3v) is 1.82. The molecule has 1 heterocycles. The number of aliphatic hydroxyl groups excluding tert-OH is 2. The Bertz CT molecular complexity index is 245. The van der Waals surface area contributed by atoms with Gasteiger partial charge in [0.05, 0.1) is 19.3 Å². The van der Waals surface area contributed by atoms with Crippen molar-refractivity contribution in [2.24, 2.45) is 0 Å². The summed E-state index contributed by atoms with van der Waals surface area (Å²) < 4.78 is 1.73. The molecule has 4 nitrogen and oxygen atoms in total. The monoisotopic (exact) mass is 170 g/mol. The van der Waals surface area contributed by atoms with Crippen LogP contribution in [0, 0.1) is 6.92 Å². The van der Waals surface area contributed by atoms with Crippen molar-refractivity contribution in [1.82, 2.24) is 9.78 Å². The summed E-state index contributed by atoms with van der Waals surface area (Å²) in [5.41, 5.74) is 2.07. The lowest BCUT2D eigenvalue weighted by Crippen LogP contribution is -2.09. The van der Waals surface area contributed by atoms with Crippen LogP contribution in [0.25, 0.3) is 0 Å². The Hall–Kier alpha value is -0.870. The largest absolute Gasteiger partial charge is 0.396 e. The first-order chi connectivity index (χ1) is 5.79. The zero-order chi connectivity index (χ0) is 8.97. The molecule has 1 aromatic rings. The normalized spacial score (nSPS) is 10.6. The molecule has 0 radical (unpaired) electrons. The van der Waals surface area contributed by atoms with E-state index in [0.29, 0.717) is 13.0 Å². The van der Waals surface area contributed by atoms with Gasteiger partial charge in [-0.25, -0.2) is 0 Å². The van der Waals surface area contributed by atoms with Gasteiger partial charge >= 0.3 is 0 Å². The SMILES string of the molecule is Cc1cnn(CCO)c1CCO. The smallest absolute Gasteiger partial charge is 0.0644 e. The minimum atomic E-state index is 0.0829. The van der Waals surface area contributed by atoms with Gasteiger partial charge in [0.1, 0.15) is 0 Å². The zero-order valence-corrected chi connectivity index (χ0v) is 7.19. The highest BCUT2D eigenvalue weighted by molar-refractivity contribution is 5.15. The summed E-state index contributed by atoms with van der Waals surface area (Å²) in [5.74, 6) is 0. The fourth-order valence-electron chi connectivity index (χ4n) is 1.22. The summed E-state index contributed by atoms with van der Waals surface area (Å²) in [6.07, 6.45) is 2.35. The first-order valence-corrected chi connectivity index (χ1v) is 4.02. The summed E-state index contributed by atoms with van der Waals surface area (Å²) in [6.45, 7) is 2.66. The zero-order valence-electron chi connectivity index (χ0n) is 7.19. The van der Waals surface area contributed by atoms with Gasteiger partial charge in [-0.3, -0.25) is 4.68 Å². The van der Waals surface area contributed by atoms with Crippen molar-refractivity contribution in [3.63, 3.8) is 0 Å². The van der Waals surface area contributed by atoms with Gasteiger partial charge < -0.3 is 10.2 Å². The molecule has 2 N–H and O–H groups in total. The molecule has 4 heteroatoms. The fraction of sp³-hybridized carbons (Fsp3) is 0.625. The molecule has 1 rings (SSSR count). The predicted octanol–water partition coefficient (Wildman–Crippen LogP) is -0.281. The molecule has 0 unspecified atom stereocenters. The summed E-state index contributed by atoms with van der Waals surface area (Å²) in [7, 11) is 0. The summed E-state index contributed by atoms with van der Waals surface area (Å²) in [6, 6.07) is 0. The van der Waals surface area contributed by atoms with Crippen LogP contribution in [0.4, 0.5) is 0 Å². The van der Waals surface area contributed by atoms with Crippen molar-refractivity contribution >= 4 is 0 Å². The van der Waals surface area contributed by atoms with Gasteiger partial charge in [-0.15, -0.1) is 0 Å². The second-order valence-electron chi connectivity index (χ2n) is 2.69. The van der Waals surface area contributed by atoms with Crippen molar-refractivity contribution < 1.29 is 10.2 Å². The van der Waals surface area contributed by atoms with E-state index in [0.717, 1.165) is 11.3 Å². The molecule has 12 heavy (non-hydrogen) atoms. The quantitative estimate of drug-likeness (QED) is 0.653. The van der Waals surface area contributed by atoms with E-state index in [2.05, 4.69) is 5.10 Å². The van der Waals surface area contributed by atoms with Crippen LogP contribution in [0.5, 0.6) is 0 Å². The number of aromatic nitrogens is 2. The van der Waals surface area contributed by atoms with E-state index < -0.39 is 0 Å². The van der Waals surface area contributed by atoms with E-state index in [9.17, 15) is 0 Å². The van der Waals surface area contributed by atoms with Crippen LogP contribution in [0.1, 0.15) is 11.3 Å². The Morgan fingerprint density at radius 2 is 2.17 bits per heavy atom. The molecule has 0 aliphatic carbocycles. The highest BCUT2D eigenvalue weighted by Gasteiger charge is 2.05. The van der Waals surface area contributed by atoms with Crippen LogP contribution in [-0.2, 0) is 13.0 Å². The molecule has 68 valence electrons. The molecule has 0 aliphatic heterocycles. The molecule has 0 bridgehead atoms. The molecule has 0 aromatic carbocycles. The van der Waals surface area contributed by atoms with Crippen LogP contribution >= 0.6 is 0 Å². The van der Waals surface area contributed by atoms with Crippen LogP contribution in [0.15, 0.2) is 6.20 Å². The number of nitrogens with zero attached hydrogens (tertiary/aromatic N) is 2. The topological polar surface area (TPSA) is 58.3 Å².